The molecule has 0 saturated carbocycles. The molecule has 0 rings (SSSR count). The van der Waals surface area contributed by atoms with E-state index >= 15 is 0 Å². The molecule has 0 aliphatic rings. The van der Waals surface area contributed by atoms with Crippen molar-refractivity contribution in [2.24, 2.45) is 5.41 Å². The maximum absolute atomic E-state index is 3.64. The lowest BCUT2D eigenvalue weighted by Crippen LogP contribution is -2.16. The molecule has 0 aliphatic heterocycles. The van der Waals surface area contributed by atoms with Crippen molar-refractivity contribution in [3.63, 3.8) is 0 Å². The summed E-state index contributed by atoms with van der Waals surface area (Å²) in [7, 11) is 0. The van der Waals surface area contributed by atoms with Gasteiger partial charge in [-0.3, -0.25) is 0 Å². The summed E-state index contributed by atoms with van der Waals surface area (Å²) in [4.78, 5) is 0. The van der Waals surface area contributed by atoms with Crippen molar-refractivity contribution >= 4 is 15.9 Å². The molecule has 0 spiro atoms. The minimum atomic E-state index is 0.544. The van der Waals surface area contributed by atoms with Crippen molar-refractivity contribution in [3.8, 4) is 0 Å². The molecule has 98 valence electrons. The Bertz CT molecular complexity index is 138. The van der Waals surface area contributed by atoms with E-state index in [0.717, 1.165) is 5.33 Å². The molecule has 0 nitrogen and oxygen atoms in total. The van der Waals surface area contributed by atoms with Crippen LogP contribution < -0.4 is 0 Å². The Hall–Kier alpha value is 0.480. The zero-order valence-corrected chi connectivity index (χ0v) is 13.2. The van der Waals surface area contributed by atoms with Crippen LogP contribution in [0.15, 0.2) is 0 Å². The predicted molar refractivity (Wildman–Crippen MR) is 79.4 cm³/mol. The number of alkyl halides is 1. The maximum Gasteiger partial charge on any atom is 0.00852 e. The molecule has 0 aliphatic carbocycles. The van der Waals surface area contributed by atoms with Crippen molar-refractivity contribution in [2.45, 2.75) is 85.0 Å². The molecule has 0 aromatic rings. The molecule has 1 atom stereocenters. The number of rotatable bonds is 11. The van der Waals surface area contributed by atoms with Crippen LogP contribution in [-0.4, -0.2) is 5.33 Å². The van der Waals surface area contributed by atoms with E-state index < -0.39 is 0 Å². The average molecular weight is 291 g/mol. The Labute approximate surface area is 112 Å². The Morgan fingerprint density at radius 2 is 1.31 bits per heavy atom. The molecule has 0 aromatic carbocycles. The second kappa shape index (κ2) is 10.6. The number of hydrogen-bond acceptors (Lipinski definition) is 0. The Morgan fingerprint density at radius 3 is 1.75 bits per heavy atom. The quantitative estimate of drug-likeness (QED) is 0.308. The minimum Gasteiger partial charge on any atom is -0.0922 e. The average Bonchev–Trinajstić information content (AvgIpc) is 2.32. The first-order valence-electron chi connectivity index (χ1n) is 7.24. The standard InChI is InChI=1S/C15H31Br/c1-4-6-7-8-9-10-11-12-13-15(3,5-2)14-16/h4-14H2,1-3H3. The van der Waals surface area contributed by atoms with Crippen LogP contribution in [0, 0.1) is 5.41 Å². The van der Waals surface area contributed by atoms with Crippen LogP contribution in [0.25, 0.3) is 0 Å². The number of hydrogen-bond donors (Lipinski definition) is 0. The lowest BCUT2D eigenvalue weighted by Gasteiger charge is -2.25. The molecule has 0 fully saturated rings. The molecule has 1 heteroatoms. The van der Waals surface area contributed by atoms with Crippen LogP contribution in [0.1, 0.15) is 85.0 Å². The van der Waals surface area contributed by atoms with Crippen molar-refractivity contribution in [3.05, 3.63) is 0 Å². The van der Waals surface area contributed by atoms with E-state index in [-0.39, 0.29) is 0 Å². The van der Waals surface area contributed by atoms with Gasteiger partial charge in [-0.25, -0.2) is 0 Å². The van der Waals surface area contributed by atoms with Gasteiger partial charge in [0.15, 0.2) is 0 Å². The summed E-state index contributed by atoms with van der Waals surface area (Å²) in [6, 6.07) is 0. The van der Waals surface area contributed by atoms with Gasteiger partial charge in [-0.05, 0) is 18.3 Å². The summed E-state index contributed by atoms with van der Waals surface area (Å²) >= 11 is 3.64. The molecule has 0 saturated heterocycles. The fourth-order valence-corrected chi connectivity index (χ4v) is 2.70. The zero-order valence-electron chi connectivity index (χ0n) is 11.7. The SMILES string of the molecule is CCCCCCCCCCC(C)(CC)CBr. The normalized spacial score (nSPS) is 15.0. The second-order valence-corrected chi connectivity index (χ2v) is 6.08. The van der Waals surface area contributed by atoms with Crippen molar-refractivity contribution < 1.29 is 0 Å². The van der Waals surface area contributed by atoms with Gasteiger partial charge in [-0.2, -0.15) is 0 Å². The topological polar surface area (TPSA) is 0 Å². The fourth-order valence-electron chi connectivity index (χ4n) is 2.02. The van der Waals surface area contributed by atoms with E-state index in [9.17, 15) is 0 Å². The van der Waals surface area contributed by atoms with Gasteiger partial charge in [0.2, 0.25) is 0 Å². The minimum absolute atomic E-state index is 0.544. The van der Waals surface area contributed by atoms with Crippen LogP contribution in [0.5, 0.6) is 0 Å². The molecule has 0 radical (unpaired) electrons. The highest BCUT2D eigenvalue weighted by atomic mass is 79.9. The first kappa shape index (κ1) is 16.5. The molecule has 0 aromatic heterocycles. The monoisotopic (exact) mass is 290 g/mol. The Morgan fingerprint density at radius 1 is 0.812 bits per heavy atom. The van der Waals surface area contributed by atoms with Crippen molar-refractivity contribution in [2.75, 3.05) is 5.33 Å². The highest BCUT2D eigenvalue weighted by molar-refractivity contribution is 9.09. The van der Waals surface area contributed by atoms with Crippen molar-refractivity contribution in [1.82, 2.24) is 0 Å². The third-order valence-corrected chi connectivity index (χ3v) is 5.16. The largest absolute Gasteiger partial charge is 0.0922 e. The maximum atomic E-state index is 3.64. The molecular formula is C15H31Br. The summed E-state index contributed by atoms with van der Waals surface area (Å²) in [5, 5.41) is 1.16. The molecular weight excluding hydrogens is 260 g/mol. The summed E-state index contributed by atoms with van der Waals surface area (Å²) < 4.78 is 0. The van der Waals surface area contributed by atoms with Gasteiger partial charge in [-0.15, -0.1) is 0 Å². The van der Waals surface area contributed by atoms with Crippen LogP contribution in [0.3, 0.4) is 0 Å². The third kappa shape index (κ3) is 8.61. The molecule has 0 N–H and O–H groups in total. The summed E-state index contributed by atoms with van der Waals surface area (Å²) in [6.45, 7) is 7.00. The van der Waals surface area contributed by atoms with E-state index in [1.807, 2.05) is 0 Å². The van der Waals surface area contributed by atoms with Gasteiger partial charge in [0.05, 0.1) is 0 Å². The zero-order chi connectivity index (χ0) is 12.3. The predicted octanol–water partition coefficient (Wildman–Crippen LogP) is 6.33. The summed E-state index contributed by atoms with van der Waals surface area (Å²) in [5.74, 6) is 0. The van der Waals surface area contributed by atoms with Gasteiger partial charge in [0, 0.05) is 5.33 Å². The Kier molecular flexibility index (Phi) is 10.9. The van der Waals surface area contributed by atoms with E-state index in [0.29, 0.717) is 5.41 Å². The van der Waals surface area contributed by atoms with Gasteiger partial charge >= 0.3 is 0 Å². The van der Waals surface area contributed by atoms with Crippen LogP contribution >= 0.6 is 15.9 Å². The third-order valence-electron chi connectivity index (χ3n) is 3.81. The number of halogens is 1. The van der Waals surface area contributed by atoms with E-state index in [2.05, 4.69) is 36.7 Å². The first-order chi connectivity index (χ1) is 7.68. The first-order valence-corrected chi connectivity index (χ1v) is 8.36. The fraction of sp³-hybridized carbons (Fsp3) is 1.00. The van der Waals surface area contributed by atoms with Gasteiger partial charge < -0.3 is 0 Å². The molecule has 0 heterocycles. The molecule has 1 unspecified atom stereocenters. The molecule has 0 amide bonds. The van der Waals surface area contributed by atoms with Crippen molar-refractivity contribution in [1.29, 1.82) is 0 Å². The Balaban J connectivity index is 3.26. The van der Waals surface area contributed by atoms with Crippen LogP contribution in [0.4, 0.5) is 0 Å². The van der Waals surface area contributed by atoms with E-state index in [4.69, 9.17) is 0 Å². The van der Waals surface area contributed by atoms with E-state index in [1.54, 1.807) is 0 Å². The smallest absolute Gasteiger partial charge is 0.00852 e. The van der Waals surface area contributed by atoms with Gasteiger partial charge in [0.1, 0.15) is 0 Å². The van der Waals surface area contributed by atoms with Crippen LogP contribution in [0.2, 0.25) is 0 Å². The highest BCUT2D eigenvalue weighted by Gasteiger charge is 2.19. The molecule has 0 bridgehead atoms. The lowest BCUT2D eigenvalue weighted by molar-refractivity contribution is 0.317. The number of unbranched alkanes of at least 4 members (excludes halogenated alkanes) is 7. The van der Waals surface area contributed by atoms with Crippen LogP contribution in [-0.2, 0) is 0 Å². The summed E-state index contributed by atoms with van der Waals surface area (Å²) in [5.41, 5.74) is 0.544. The highest BCUT2D eigenvalue weighted by Crippen LogP contribution is 2.30. The van der Waals surface area contributed by atoms with Gasteiger partial charge in [-0.1, -0.05) is 88.1 Å². The lowest BCUT2D eigenvalue weighted by atomic mass is 9.84. The van der Waals surface area contributed by atoms with Gasteiger partial charge in [0.25, 0.3) is 0 Å². The van der Waals surface area contributed by atoms with E-state index in [1.165, 1.54) is 64.2 Å². The second-order valence-electron chi connectivity index (χ2n) is 5.52. The summed E-state index contributed by atoms with van der Waals surface area (Å²) in [6.07, 6.45) is 14.2. The molecule has 16 heavy (non-hydrogen) atoms.